The first-order valence-corrected chi connectivity index (χ1v) is 21.2. The van der Waals surface area contributed by atoms with Gasteiger partial charge in [0, 0.05) is 87.6 Å². The molecule has 0 saturated carbocycles. The lowest BCUT2D eigenvalue weighted by molar-refractivity contribution is -0.141. The predicted molar refractivity (Wildman–Crippen MR) is 232 cm³/mol. The van der Waals surface area contributed by atoms with E-state index in [0.717, 1.165) is 57.3 Å². The Labute approximate surface area is 358 Å². The lowest BCUT2D eigenvalue weighted by Gasteiger charge is -2.35. The number of phenols is 1. The molecule has 2 unspecified atom stereocenters. The second-order valence-corrected chi connectivity index (χ2v) is 17.2. The molecule has 0 radical (unpaired) electrons. The molecule has 0 aliphatic carbocycles. The first kappa shape index (κ1) is 45.0. The van der Waals surface area contributed by atoms with Crippen molar-refractivity contribution in [1.82, 2.24) is 35.5 Å². The SMILES string of the molecule is CCn1c(-c2cnccc2COC)c(CC(C)(C)COC=O)c2cc(-c3cc(O)cc(CC(NC(=O)C(C(C)C)N(C)C(=O)OC4CNC4)C(=O)N4CCCCN4)c3)ccc21. The summed E-state index contributed by atoms with van der Waals surface area (Å²) in [5, 5.41) is 19.8. The van der Waals surface area contributed by atoms with Crippen molar-refractivity contribution in [3.63, 3.8) is 0 Å². The van der Waals surface area contributed by atoms with Crippen LogP contribution in [0.4, 0.5) is 4.79 Å². The van der Waals surface area contributed by atoms with Crippen LogP contribution in [0.25, 0.3) is 33.3 Å². The Hall–Kier alpha value is -5.51. The average Bonchev–Trinajstić information content (AvgIpc) is 3.52. The fraction of sp³-hybridized carbons (Fsp3) is 0.500. The van der Waals surface area contributed by atoms with Gasteiger partial charge in [-0.25, -0.2) is 10.2 Å². The van der Waals surface area contributed by atoms with Crippen LogP contribution in [0.2, 0.25) is 0 Å². The number of carbonyl (C=O) groups excluding carboxylic acids is 4. The van der Waals surface area contributed by atoms with Crippen molar-refractivity contribution in [2.75, 3.05) is 46.9 Å². The van der Waals surface area contributed by atoms with Gasteiger partial charge in [-0.15, -0.1) is 0 Å². The van der Waals surface area contributed by atoms with E-state index in [0.29, 0.717) is 57.8 Å². The zero-order valence-corrected chi connectivity index (χ0v) is 36.5. The topological polar surface area (TPSA) is 177 Å². The summed E-state index contributed by atoms with van der Waals surface area (Å²) in [6, 6.07) is 11.5. The number of amides is 3. The number of rotatable bonds is 18. The van der Waals surface area contributed by atoms with Gasteiger partial charge in [0.25, 0.3) is 12.4 Å². The quantitative estimate of drug-likeness (QED) is 0.0970. The summed E-state index contributed by atoms with van der Waals surface area (Å²) in [4.78, 5) is 58.5. The molecule has 0 spiro atoms. The number of phenolic OH excluding ortho intramolecular Hbond substituents is 1. The molecule has 2 aliphatic heterocycles. The first-order valence-electron chi connectivity index (χ1n) is 21.2. The van der Waals surface area contributed by atoms with Gasteiger partial charge in [-0.05, 0) is 90.3 Å². The van der Waals surface area contributed by atoms with Crippen LogP contribution in [-0.4, -0.2) is 114 Å². The van der Waals surface area contributed by atoms with Gasteiger partial charge in [0.15, 0.2) is 0 Å². The van der Waals surface area contributed by atoms with E-state index >= 15 is 0 Å². The lowest BCUT2D eigenvalue weighted by Crippen LogP contribution is -2.60. The molecule has 2 fully saturated rings. The number of benzene rings is 2. The number of hydrazine groups is 1. The van der Waals surface area contributed by atoms with Gasteiger partial charge < -0.3 is 34.5 Å². The smallest absolute Gasteiger partial charge is 0.410 e. The zero-order chi connectivity index (χ0) is 43.8. The predicted octanol–water partition coefficient (Wildman–Crippen LogP) is 5.20. The van der Waals surface area contributed by atoms with Crippen LogP contribution in [0, 0.1) is 11.3 Å². The number of nitrogens with one attached hydrogen (secondary N) is 3. The van der Waals surface area contributed by atoms with Crippen molar-refractivity contribution < 1.29 is 38.5 Å². The third kappa shape index (κ3) is 10.5. The van der Waals surface area contributed by atoms with Gasteiger partial charge in [0.2, 0.25) is 5.91 Å². The lowest BCUT2D eigenvalue weighted by atomic mass is 9.84. The zero-order valence-electron chi connectivity index (χ0n) is 36.5. The van der Waals surface area contributed by atoms with Crippen molar-refractivity contribution in [3.05, 3.63) is 71.5 Å². The molecule has 2 saturated heterocycles. The van der Waals surface area contributed by atoms with Crippen LogP contribution >= 0.6 is 0 Å². The van der Waals surface area contributed by atoms with E-state index in [1.54, 1.807) is 37.5 Å². The molecular weight excluding hydrogens is 779 g/mol. The molecule has 4 heterocycles. The van der Waals surface area contributed by atoms with Crippen LogP contribution in [0.15, 0.2) is 54.9 Å². The minimum atomic E-state index is -1.01. The number of ether oxygens (including phenoxy) is 3. The van der Waals surface area contributed by atoms with Crippen molar-refractivity contribution in [3.8, 4) is 28.1 Å². The van der Waals surface area contributed by atoms with Crippen molar-refractivity contribution in [2.24, 2.45) is 11.3 Å². The number of nitrogens with zero attached hydrogens (tertiary/aromatic N) is 4. The molecule has 2 aliphatic rings. The Kier molecular flexibility index (Phi) is 14.7. The number of likely N-dealkylation sites (N-methyl/N-ethyl adjacent to an activating group) is 1. The van der Waals surface area contributed by atoms with Crippen LogP contribution in [0.3, 0.4) is 0 Å². The van der Waals surface area contributed by atoms with Crippen LogP contribution in [0.1, 0.15) is 64.2 Å². The molecule has 4 aromatic rings. The summed E-state index contributed by atoms with van der Waals surface area (Å²) in [7, 11) is 3.21. The fourth-order valence-corrected chi connectivity index (χ4v) is 8.45. The summed E-state index contributed by atoms with van der Waals surface area (Å²) in [5.74, 6) is -1.07. The van der Waals surface area contributed by atoms with E-state index in [1.807, 2.05) is 38.2 Å². The highest BCUT2D eigenvalue weighted by atomic mass is 16.6. The molecule has 2 aromatic carbocycles. The highest BCUT2D eigenvalue weighted by Crippen LogP contribution is 2.41. The minimum Gasteiger partial charge on any atom is -0.508 e. The molecule has 328 valence electrons. The maximum Gasteiger partial charge on any atom is 0.410 e. The maximum absolute atomic E-state index is 14.2. The maximum atomic E-state index is 14.2. The molecule has 4 N–H and O–H groups in total. The standard InChI is InChI=1S/C46H61N7O8/c1-8-52-40-12-11-31(21-36(40)37(22-46(4,5)27-60-28-54)42(52)38-25-47-15-13-32(38)26-59-7)33-17-30(18-34(55)20-33)19-39(44(57)53-16-10-9-14-49-53)50-43(56)41(29(2)3)51(6)45(58)61-35-23-48-24-35/h11-13,15,17-18,20-21,25,28-29,35,39,41,48-49,55H,8-10,14,16,19,22-24,26-27H2,1-7H3,(H,50,56). The number of pyridine rings is 1. The second-order valence-electron chi connectivity index (χ2n) is 17.2. The molecule has 15 heteroatoms. The third-order valence-electron chi connectivity index (χ3n) is 11.5. The third-order valence-corrected chi connectivity index (χ3v) is 11.5. The number of carbonyl (C=O) groups is 4. The van der Waals surface area contributed by atoms with Crippen LogP contribution in [-0.2, 0) is 54.6 Å². The summed E-state index contributed by atoms with van der Waals surface area (Å²) in [6.07, 6.45) is 5.16. The Balaban J connectivity index is 1.38. The largest absolute Gasteiger partial charge is 0.508 e. The summed E-state index contributed by atoms with van der Waals surface area (Å²) < 4.78 is 18.7. The average molecular weight is 840 g/mol. The van der Waals surface area contributed by atoms with E-state index < -0.39 is 29.5 Å². The number of aromatic nitrogens is 2. The number of hydrogen-bond acceptors (Lipinski definition) is 11. The monoisotopic (exact) mass is 839 g/mol. The van der Waals surface area contributed by atoms with Crippen molar-refractivity contribution in [1.29, 1.82) is 0 Å². The van der Waals surface area contributed by atoms with Gasteiger partial charge in [-0.2, -0.15) is 0 Å². The normalized spacial score (nSPS) is 15.6. The highest BCUT2D eigenvalue weighted by molar-refractivity contribution is 5.96. The van der Waals surface area contributed by atoms with E-state index in [-0.39, 0.29) is 36.7 Å². The number of methoxy groups -OCH3 is 1. The molecule has 61 heavy (non-hydrogen) atoms. The molecule has 0 bridgehead atoms. The highest BCUT2D eigenvalue weighted by Gasteiger charge is 2.36. The molecular formula is C46H61N7O8. The number of fused-ring (bicyclic) bond motifs is 1. The van der Waals surface area contributed by atoms with Crippen molar-refractivity contribution >= 4 is 35.3 Å². The first-order chi connectivity index (χ1) is 29.2. The Morgan fingerprint density at radius 2 is 1.89 bits per heavy atom. The second kappa shape index (κ2) is 19.9. The number of hydrogen-bond donors (Lipinski definition) is 4. The van der Waals surface area contributed by atoms with E-state index in [4.69, 9.17) is 14.2 Å². The molecule has 6 rings (SSSR count). The molecule has 3 amide bonds. The fourth-order valence-electron chi connectivity index (χ4n) is 8.45. The van der Waals surface area contributed by atoms with Crippen LogP contribution < -0.4 is 16.1 Å². The minimum absolute atomic E-state index is 0.00740. The van der Waals surface area contributed by atoms with E-state index in [1.165, 1.54) is 4.90 Å². The van der Waals surface area contributed by atoms with Gasteiger partial charge in [0.05, 0.1) is 18.9 Å². The molecule has 2 aromatic heterocycles. The molecule has 2 atom stereocenters. The van der Waals surface area contributed by atoms with Gasteiger partial charge in [0.1, 0.15) is 23.9 Å². The van der Waals surface area contributed by atoms with Crippen LogP contribution in [0.5, 0.6) is 5.75 Å². The summed E-state index contributed by atoms with van der Waals surface area (Å²) in [6.45, 7) is 13.9. The Morgan fingerprint density at radius 3 is 2.54 bits per heavy atom. The number of aryl methyl sites for hydroxylation is 1. The summed E-state index contributed by atoms with van der Waals surface area (Å²) in [5.41, 5.74) is 9.96. The summed E-state index contributed by atoms with van der Waals surface area (Å²) >= 11 is 0. The molecule has 15 nitrogen and oxygen atoms in total. The van der Waals surface area contributed by atoms with E-state index in [2.05, 4.69) is 58.5 Å². The van der Waals surface area contributed by atoms with E-state index in [9.17, 15) is 24.3 Å². The van der Waals surface area contributed by atoms with Crippen molar-refractivity contribution in [2.45, 2.75) is 91.6 Å². The number of aromatic hydroxyl groups is 1. The van der Waals surface area contributed by atoms with Gasteiger partial charge in [-0.1, -0.05) is 39.8 Å². The van der Waals surface area contributed by atoms with Gasteiger partial charge in [-0.3, -0.25) is 29.3 Å². The Bertz CT molecular complexity index is 2190. The Morgan fingerprint density at radius 1 is 1.10 bits per heavy atom. The van der Waals surface area contributed by atoms with Gasteiger partial charge >= 0.3 is 6.09 Å².